The number of nitrogens with zero attached hydrogens (tertiary/aromatic N) is 2. The number of nitrogens with two attached hydrogens (primary N) is 1. The van der Waals surface area contributed by atoms with Gasteiger partial charge in [-0.05, 0) is 20.8 Å². The summed E-state index contributed by atoms with van der Waals surface area (Å²) in [5.41, 5.74) is 5.46. The van der Waals surface area contributed by atoms with Crippen molar-refractivity contribution in [2.75, 3.05) is 20.3 Å². The Bertz CT molecular complexity index is 183. The molecule has 0 aliphatic carbocycles. The number of hydrogen-bond acceptors (Lipinski definition) is 4. The molecule has 0 aromatic heterocycles. The largest absolute Gasteiger partial charge is 0.409 e. The van der Waals surface area contributed by atoms with Gasteiger partial charge in [0, 0.05) is 19.2 Å². The maximum atomic E-state index is 8.48. The van der Waals surface area contributed by atoms with E-state index in [1.165, 1.54) is 0 Å². The van der Waals surface area contributed by atoms with E-state index >= 15 is 0 Å². The van der Waals surface area contributed by atoms with Crippen LogP contribution in [0, 0.1) is 0 Å². The molecule has 0 spiro atoms. The maximum Gasteiger partial charge on any atom is 0.153 e. The lowest BCUT2D eigenvalue weighted by Crippen LogP contribution is -2.45. The van der Waals surface area contributed by atoms with Crippen molar-refractivity contribution in [1.82, 2.24) is 4.90 Å². The Kier molecular flexibility index (Phi) is 6.23. The summed E-state index contributed by atoms with van der Waals surface area (Å²) in [6, 6.07) is 0.584. The molecular formula is C9H21N3O2. The van der Waals surface area contributed by atoms with Crippen molar-refractivity contribution >= 4 is 5.84 Å². The van der Waals surface area contributed by atoms with Gasteiger partial charge in [0.1, 0.15) is 0 Å². The van der Waals surface area contributed by atoms with Gasteiger partial charge in [-0.25, -0.2) is 0 Å². The molecule has 84 valence electrons. The molecule has 3 N–H and O–H groups in total. The summed E-state index contributed by atoms with van der Waals surface area (Å²) < 4.78 is 5.07. The zero-order valence-electron chi connectivity index (χ0n) is 9.40. The van der Waals surface area contributed by atoms with Gasteiger partial charge in [-0.3, -0.25) is 4.90 Å². The Labute approximate surface area is 85.5 Å². The first kappa shape index (κ1) is 13.2. The van der Waals surface area contributed by atoms with Crippen LogP contribution in [0.2, 0.25) is 0 Å². The van der Waals surface area contributed by atoms with E-state index in [2.05, 4.69) is 23.9 Å². The molecule has 5 nitrogen and oxygen atoms in total. The third kappa shape index (κ3) is 4.43. The number of methoxy groups -OCH3 is 1. The summed E-state index contributed by atoms with van der Waals surface area (Å²) in [6.45, 7) is 7.28. The normalized spacial score (nSPS) is 15.1. The van der Waals surface area contributed by atoms with Crippen LogP contribution in [0.15, 0.2) is 5.16 Å². The number of rotatable bonds is 6. The van der Waals surface area contributed by atoms with E-state index in [1.54, 1.807) is 7.11 Å². The lowest BCUT2D eigenvalue weighted by Gasteiger charge is -2.31. The molecule has 1 atom stereocenters. The van der Waals surface area contributed by atoms with E-state index in [4.69, 9.17) is 15.7 Å². The second-order valence-corrected chi connectivity index (χ2v) is 3.66. The van der Waals surface area contributed by atoms with Crippen LogP contribution in [0.5, 0.6) is 0 Å². The molecule has 0 saturated heterocycles. The van der Waals surface area contributed by atoms with E-state index in [1.807, 2.05) is 6.92 Å². The molecule has 0 aliphatic heterocycles. The highest BCUT2D eigenvalue weighted by atomic mass is 16.5. The van der Waals surface area contributed by atoms with Crippen molar-refractivity contribution in [2.24, 2.45) is 10.9 Å². The van der Waals surface area contributed by atoms with Crippen molar-refractivity contribution in [3.63, 3.8) is 0 Å². The molecule has 1 unspecified atom stereocenters. The topological polar surface area (TPSA) is 71.1 Å². The van der Waals surface area contributed by atoms with Crippen LogP contribution in [0.1, 0.15) is 20.8 Å². The lowest BCUT2D eigenvalue weighted by molar-refractivity contribution is 0.0902. The predicted molar refractivity (Wildman–Crippen MR) is 56.6 cm³/mol. The van der Waals surface area contributed by atoms with Crippen molar-refractivity contribution < 1.29 is 9.94 Å². The van der Waals surface area contributed by atoms with Crippen LogP contribution in [0.3, 0.4) is 0 Å². The summed E-state index contributed by atoms with van der Waals surface area (Å²) in [6.07, 6.45) is 0. The molecule has 0 aliphatic rings. The van der Waals surface area contributed by atoms with Crippen LogP contribution >= 0.6 is 0 Å². The first-order chi connectivity index (χ1) is 6.52. The molecule has 0 amide bonds. The Morgan fingerprint density at radius 3 is 2.43 bits per heavy atom. The molecule has 0 aromatic carbocycles. The van der Waals surface area contributed by atoms with E-state index < -0.39 is 0 Å². The van der Waals surface area contributed by atoms with Gasteiger partial charge in [-0.2, -0.15) is 0 Å². The maximum absolute atomic E-state index is 8.48. The smallest absolute Gasteiger partial charge is 0.153 e. The lowest BCUT2D eigenvalue weighted by atomic mass is 10.2. The fourth-order valence-electron chi connectivity index (χ4n) is 1.40. The summed E-state index contributed by atoms with van der Waals surface area (Å²) in [4.78, 5) is 2.11. The number of ether oxygens (including phenoxy) is 1. The highest BCUT2D eigenvalue weighted by Crippen LogP contribution is 2.05. The Hall–Kier alpha value is -0.810. The van der Waals surface area contributed by atoms with E-state index in [-0.39, 0.29) is 11.9 Å². The molecule has 0 aromatic rings. The standard InChI is InChI=1S/C9H21N3O2/c1-7(2)12(5-9(10)11-13)8(3)6-14-4/h7-8,13H,5-6H2,1-4H3,(H2,10,11). The van der Waals surface area contributed by atoms with Crippen LogP contribution in [0.4, 0.5) is 0 Å². The summed E-state index contributed by atoms with van der Waals surface area (Å²) in [5, 5.41) is 11.4. The molecule has 5 heteroatoms. The SMILES string of the molecule is COCC(C)N(CC(N)=NO)C(C)C. The van der Waals surface area contributed by atoms with Gasteiger partial charge in [-0.15, -0.1) is 0 Å². The van der Waals surface area contributed by atoms with Gasteiger partial charge >= 0.3 is 0 Å². The Morgan fingerprint density at radius 2 is 2.07 bits per heavy atom. The van der Waals surface area contributed by atoms with Crippen molar-refractivity contribution in [1.29, 1.82) is 0 Å². The minimum absolute atomic E-state index is 0.224. The quantitative estimate of drug-likeness (QED) is 0.285. The highest BCUT2D eigenvalue weighted by Gasteiger charge is 2.18. The van der Waals surface area contributed by atoms with Crippen LogP contribution in [-0.4, -0.2) is 48.3 Å². The number of hydrogen-bond donors (Lipinski definition) is 2. The molecule has 0 radical (unpaired) electrons. The molecule has 0 fully saturated rings. The molecule has 0 bridgehead atoms. The van der Waals surface area contributed by atoms with Crippen LogP contribution in [0.25, 0.3) is 0 Å². The molecule has 14 heavy (non-hydrogen) atoms. The summed E-state index contributed by atoms with van der Waals surface area (Å²) >= 11 is 0. The third-order valence-electron chi connectivity index (χ3n) is 2.11. The van der Waals surface area contributed by atoms with Gasteiger partial charge in [0.25, 0.3) is 0 Å². The number of amidine groups is 1. The monoisotopic (exact) mass is 203 g/mol. The van der Waals surface area contributed by atoms with Crippen LogP contribution < -0.4 is 5.73 Å². The second kappa shape index (κ2) is 6.62. The van der Waals surface area contributed by atoms with Gasteiger partial charge in [-0.1, -0.05) is 5.16 Å². The zero-order valence-corrected chi connectivity index (χ0v) is 9.40. The summed E-state index contributed by atoms with van der Waals surface area (Å²) in [5.74, 6) is 0.224. The van der Waals surface area contributed by atoms with Gasteiger partial charge in [0.15, 0.2) is 5.84 Å². The molecular weight excluding hydrogens is 182 g/mol. The molecule has 0 saturated carbocycles. The van der Waals surface area contributed by atoms with Gasteiger partial charge < -0.3 is 15.7 Å². The average Bonchev–Trinajstić information content (AvgIpc) is 2.13. The van der Waals surface area contributed by atoms with Crippen molar-refractivity contribution in [3.8, 4) is 0 Å². The third-order valence-corrected chi connectivity index (χ3v) is 2.11. The van der Waals surface area contributed by atoms with E-state index in [0.29, 0.717) is 19.2 Å². The molecule has 0 heterocycles. The average molecular weight is 203 g/mol. The fourth-order valence-corrected chi connectivity index (χ4v) is 1.40. The van der Waals surface area contributed by atoms with E-state index in [0.717, 1.165) is 0 Å². The molecule has 0 rings (SSSR count). The Morgan fingerprint density at radius 1 is 1.50 bits per heavy atom. The second-order valence-electron chi connectivity index (χ2n) is 3.66. The first-order valence-corrected chi connectivity index (χ1v) is 4.74. The van der Waals surface area contributed by atoms with Crippen molar-refractivity contribution in [2.45, 2.75) is 32.9 Å². The zero-order chi connectivity index (χ0) is 11.1. The van der Waals surface area contributed by atoms with Crippen LogP contribution in [-0.2, 0) is 4.74 Å². The summed E-state index contributed by atoms with van der Waals surface area (Å²) in [7, 11) is 1.67. The Balaban J connectivity index is 4.28. The highest BCUT2D eigenvalue weighted by molar-refractivity contribution is 5.81. The van der Waals surface area contributed by atoms with Gasteiger partial charge in [0.2, 0.25) is 0 Å². The fraction of sp³-hybridized carbons (Fsp3) is 0.889. The minimum Gasteiger partial charge on any atom is -0.409 e. The van der Waals surface area contributed by atoms with Gasteiger partial charge in [0.05, 0.1) is 13.2 Å². The predicted octanol–water partition coefficient (Wildman–Crippen LogP) is 0.478. The minimum atomic E-state index is 0.224. The number of oxime groups is 1. The van der Waals surface area contributed by atoms with Crippen molar-refractivity contribution in [3.05, 3.63) is 0 Å². The first-order valence-electron chi connectivity index (χ1n) is 4.74. The van der Waals surface area contributed by atoms with E-state index in [9.17, 15) is 0 Å².